The summed E-state index contributed by atoms with van der Waals surface area (Å²) in [4.78, 5) is 14.3. The monoisotopic (exact) mass is 415 g/mol. The molecule has 0 atom stereocenters. The molecule has 0 amide bonds. The maximum atomic E-state index is 12.7. The van der Waals surface area contributed by atoms with Gasteiger partial charge in [-0.15, -0.1) is 13.2 Å². The van der Waals surface area contributed by atoms with Crippen molar-refractivity contribution < 1.29 is 40.6 Å². The van der Waals surface area contributed by atoms with Crippen molar-refractivity contribution in [2.24, 2.45) is 0 Å². The molecule has 0 N–H and O–H groups in total. The van der Waals surface area contributed by atoms with Gasteiger partial charge in [0.1, 0.15) is 0 Å². The van der Waals surface area contributed by atoms with Crippen molar-refractivity contribution in [2.75, 3.05) is 7.11 Å². The molecule has 11 heteroatoms. The summed E-state index contributed by atoms with van der Waals surface area (Å²) in [7, 11) is 0.795. The Hall–Kier alpha value is -1.27. The number of carbonyl (C=O) groups is 1. The summed E-state index contributed by atoms with van der Waals surface area (Å²) < 4.78 is 81.1. The summed E-state index contributed by atoms with van der Waals surface area (Å²) in [5.41, 5.74) is -2.60. The van der Waals surface area contributed by atoms with Crippen molar-refractivity contribution in [1.29, 1.82) is 0 Å². The summed E-state index contributed by atoms with van der Waals surface area (Å²) in [6.45, 7) is 0. The average molecular weight is 415 g/mol. The van der Waals surface area contributed by atoms with Crippen LogP contribution in [0.5, 0.6) is 5.88 Å². The van der Waals surface area contributed by atoms with Crippen molar-refractivity contribution >= 4 is 28.6 Å². The van der Waals surface area contributed by atoms with E-state index in [4.69, 9.17) is 0 Å². The Morgan fingerprint density at radius 3 is 2.20 bits per heavy atom. The molecule has 0 unspecified atom stereocenters. The van der Waals surface area contributed by atoms with E-state index in [1.54, 1.807) is 0 Å². The molecule has 20 heavy (non-hydrogen) atoms. The first-order valence-electron chi connectivity index (χ1n) is 4.57. The van der Waals surface area contributed by atoms with Crippen LogP contribution in [0, 0.1) is 3.57 Å². The lowest BCUT2D eigenvalue weighted by Crippen LogP contribution is -2.22. The van der Waals surface area contributed by atoms with Gasteiger partial charge in [0.15, 0.2) is 0 Å². The average Bonchev–Trinajstić information content (AvgIpc) is 2.27. The molecular formula is C9H4F6INO3. The smallest absolute Gasteiger partial charge is 0.465 e. The van der Waals surface area contributed by atoms with Crippen LogP contribution in [0.15, 0.2) is 6.20 Å². The van der Waals surface area contributed by atoms with Gasteiger partial charge >= 0.3 is 18.5 Å². The van der Waals surface area contributed by atoms with E-state index in [2.05, 4.69) is 14.5 Å². The van der Waals surface area contributed by atoms with Crippen LogP contribution in [0.25, 0.3) is 0 Å². The Kier molecular flexibility index (Phi) is 4.71. The summed E-state index contributed by atoms with van der Waals surface area (Å²) in [6.07, 6.45) is -10.1. The van der Waals surface area contributed by atoms with E-state index in [1.807, 2.05) is 0 Å². The third-order valence-corrected chi connectivity index (χ3v) is 2.90. The molecule has 0 aliphatic carbocycles. The van der Waals surface area contributed by atoms with Crippen molar-refractivity contribution in [3.63, 3.8) is 0 Å². The molecule has 0 fully saturated rings. The molecule has 0 aromatic carbocycles. The van der Waals surface area contributed by atoms with Gasteiger partial charge in [-0.25, -0.2) is 9.78 Å². The fourth-order valence-corrected chi connectivity index (χ4v) is 1.93. The standard InChI is InChI=1S/C9H4F6INO3/c1-19-7(18)4-3(8(10,11)12)2-17-6(5(4)16)20-9(13,14)15/h2H,1H3. The topological polar surface area (TPSA) is 48.4 Å². The molecule has 0 radical (unpaired) electrons. The van der Waals surface area contributed by atoms with Gasteiger partial charge in [0, 0.05) is 6.20 Å². The lowest BCUT2D eigenvalue weighted by atomic mass is 10.1. The van der Waals surface area contributed by atoms with E-state index in [-0.39, 0.29) is 6.20 Å². The molecule has 112 valence electrons. The zero-order valence-electron chi connectivity index (χ0n) is 9.40. The van der Waals surface area contributed by atoms with Gasteiger partial charge in [-0.2, -0.15) is 13.2 Å². The highest BCUT2D eigenvalue weighted by Crippen LogP contribution is 2.37. The van der Waals surface area contributed by atoms with Crippen LogP contribution in [0.3, 0.4) is 0 Å². The number of rotatable bonds is 2. The molecule has 1 aromatic heterocycles. The second-order valence-electron chi connectivity index (χ2n) is 3.20. The van der Waals surface area contributed by atoms with Crippen LogP contribution in [0.1, 0.15) is 15.9 Å². The molecule has 4 nitrogen and oxygen atoms in total. The third kappa shape index (κ3) is 3.86. The van der Waals surface area contributed by atoms with E-state index in [0.717, 1.165) is 29.7 Å². The highest BCUT2D eigenvalue weighted by Gasteiger charge is 2.40. The number of alkyl halides is 6. The maximum Gasteiger partial charge on any atom is 0.574 e. The first-order chi connectivity index (χ1) is 8.97. The van der Waals surface area contributed by atoms with E-state index >= 15 is 0 Å². The van der Waals surface area contributed by atoms with Crippen LogP contribution in [0.4, 0.5) is 26.3 Å². The van der Waals surface area contributed by atoms with E-state index in [0.29, 0.717) is 0 Å². The highest BCUT2D eigenvalue weighted by molar-refractivity contribution is 14.1. The Balaban J connectivity index is 3.47. The van der Waals surface area contributed by atoms with Gasteiger partial charge in [-0.3, -0.25) is 0 Å². The lowest BCUT2D eigenvalue weighted by molar-refractivity contribution is -0.276. The number of nitrogens with zero attached hydrogens (tertiary/aromatic N) is 1. The first kappa shape index (κ1) is 16.8. The van der Waals surface area contributed by atoms with E-state index in [9.17, 15) is 31.1 Å². The predicted molar refractivity (Wildman–Crippen MR) is 60.0 cm³/mol. The van der Waals surface area contributed by atoms with Crippen LogP contribution in [-0.2, 0) is 10.9 Å². The normalized spacial score (nSPS) is 12.2. The fraction of sp³-hybridized carbons (Fsp3) is 0.333. The fourth-order valence-electron chi connectivity index (χ4n) is 1.17. The lowest BCUT2D eigenvalue weighted by Gasteiger charge is -2.15. The van der Waals surface area contributed by atoms with Crippen LogP contribution in [-0.4, -0.2) is 24.4 Å². The van der Waals surface area contributed by atoms with Crippen LogP contribution < -0.4 is 4.74 Å². The number of hydrogen-bond donors (Lipinski definition) is 0. The van der Waals surface area contributed by atoms with Crippen molar-refractivity contribution in [3.05, 3.63) is 20.9 Å². The molecule has 0 aliphatic heterocycles. The highest BCUT2D eigenvalue weighted by atomic mass is 127. The number of pyridine rings is 1. The van der Waals surface area contributed by atoms with Crippen LogP contribution >= 0.6 is 22.6 Å². The van der Waals surface area contributed by atoms with Gasteiger partial charge in [-0.05, 0) is 22.6 Å². The van der Waals surface area contributed by atoms with E-state index < -0.39 is 39.1 Å². The summed E-state index contributed by atoms with van der Waals surface area (Å²) in [5, 5.41) is 0. The minimum absolute atomic E-state index is 0.0789. The van der Waals surface area contributed by atoms with Crippen molar-refractivity contribution in [1.82, 2.24) is 4.98 Å². The third-order valence-electron chi connectivity index (χ3n) is 1.89. The van der Waals surface area contributed by atoms with Gasteiger partial charge in [0.2, 0.25) is 5.88 Å². The first-order valence-corrected chi connectivity index (χ1v) is 5.65. The Labute approximate surface area is 121 Å². The molecule has 1 aromatic rings. The van der Waals surface area contributed by atoms with Crippen LogP contribution in [0.2, 0.25) is 0 Å². The number of hydrogen-bond acceptors (Lipinski definition) is 4. The van der Waals surface area contributed by atoms with Crippen molar-refractivity contribution in [3.8, 4) is 5.88 Å². The molecule has 0 saturated heterocycles. The van der Waals surface area contributed by atoms with Gasteiger partial charge in [0.25, 0.3) is 0 Å². The molecule has 0 saturated carbocycles. The second kappa shape index (κ2) is 5.61. The van der Waals surface area contributed by atoms with Gasteiger partial charge < -0.3 is 9.47 Å². The number of carbonyl (C=O) groups excluding carboxylic acids is 1. The van der Waals surface area contributed by atoms with Gasteiger partial charge in [0.05, 0.1) is 21.8 Å². The number of esters is 1. The molecular weight excluding hydrogens is 411 g/mol. The van der Waals surface area contributed by atoms with E-state index in [1.165, 1.54) is 0 Å². The molecule has 0 spiro atoms. The summed E-state index contributed by atoms with van der Waals surface area (Å²) >= 11 is 1.10. The number of ether oxygens (including phenoxy) is 2. The minimum Gasteiger partial charge on any atom is -0.465 e. The number of aromatic nitrogens is 1. The summed E-state index contributed by atoms with van der Waals surface area (Å²) in [5.74, 6) is -2.61. The van der Waals surface area contributed by atoms with Crippen molar-refractivity contribution in [2.45, 2.75) is 12.5 Å². The Morgan fingerprint density at radius 1 is 1.25 bits per heavy atom. The maximum absolute atomic E-state index is 12.7. The zero-order chi connectivity index (χ0) is 15.7. The SMILES string of the molecule is COC(=O)c1c(C(F)(F)F)cnc(OC(F)(F)F)c1I. The number of methoxy groups -OCH3 is 1. The predicted octanol–water partition coefficient (Wildman–Crippen LogP) is 3.39. The largest absolute Gasteiger partial charge is 0.574 e. The summed E-state index contributed by atoms with van der Waals surface area (Å²) in [6, 6.07) is 0. The Bertz CT molecular complexity index is 528. The molecule has 0 bridgehead atoms. The molecule has 0 aliphatic rings. The second-order valence-corrected chi connectivity index (χ2v) is 4.28. The Morgan fingerprint density at radius 2 is 1.80 bits per heavy atom. The quantitative estimate of drug-likeness (QED) is 0.423. The van der Waals surface area contributed by atoms with Gasteiger partial charge in [-0.1, -0.05) is 0 Å². The molecule has 1 rings (SSSR count). The number of halogens is 7. The zero-order valence-corrected chi connectivity index (χ0v) is 11.6. The minimum atomic E-state index is -5.15. The molecule has 1 heterocycles.